The molecule has 0 spiro atoms. The van der Waals surface area contributed by atoms with Gasteiger partial charge in [-0.1, -0.05) is 18.2 Å². The van der Waals surface area contributed by atoms with Gasteiger partial charge in [0.25, 0.3) is 10.1 Å². The van der Waals surface area contributed by atoms with E-state index in [0.29, 0.717) is 25.1 Å². The van der Waals surface area contributed by atoms with Gasteiger partial charge in [-0.3, -0.25) is 14.8 Å². The fourth-order valence-electron chi connectivity index (χ4n) is 3.17. The Morgan fingerprint density at radius 3 is 2.50 bits per heavy atom. The molecule has 1 aromatic carbocycles. The summed E-state index contributed by atoms with van der Waals surface area (Å²) in [4.78, 5) is 27.5. The number of aromatic amines is 1. The van der Waals surface area contributed by atoms with E-state index < -0.39 is 10.1 Å². The van der Waals surface area contributed by atoms with E-state index in [1.165, 1.54) is 0 Å². The van der Waals surface area contributed by atoms with E-state index in [-0.39, 0.29) is 17.8 Å². The number of amides is 1. The third-order valence-corrected chi connectivity index (χ3v) is 4.48. The molecule has 10 nitrogen and oxygen atoms in total. The molecule has 1 aliphatic heterocycles. The number of fused-ring (bicyclic) bond motifs is 1. The van der Waals surface area contributed by atoms with E-state index in [9.17, 15) is 18.0 Å². The Hall–Kier alpha value is -2.47. The summed E-state index contributed by atoms with van der Waals surface area (Å²) >= 11 is 0. The molecule has 2 aromatic rings. The average Bonchev–Trinajstić information content (AvgIpc) is 3.06. The SMILES string of the molecule is CCOC(=O)c1[nH]c2ccccc2c1CNNC(=O)C1CCNCC1.CS(=O)(=O)O. The molecule has 1 amide bonds. The summed E-state index contributed by atoms with van der Waals surface area (Å²) in [6.45, 7) is 4.17. The Kier molecular flexibility index (Phi) is 8.78. The zero-order valence-corrected chi connectivity index (χ0v) is 17.8. The van der Waals surface area contributed by atoms with Crippen LogP contribution in [0.4, 0.5) is 0 Å². The fraction of sp³-hybridized carbons (Fsp3) is 0.474. The molecule has 0 unspecified atom stereocenters. The number of piperidine rings is 1. The molecule has 0 aliphatic carbocycles. The topological polar surface area (TPSA) is 150 Å². The first-order valence-corrected chi connectivity index (χ1v) is 11.5. The van der Waals surface area contributed by atoms with E-state index in [4.69, 9.17) is 9.29 Å². The molecule has 1 aromatic heterocycles. The van der Waals surface area contributed by atoms with Gasteiger partial charge in [-0.2, -0.15) is 8.42 Å². The molecule has 0 saturated carbocycles. The molecule has 11 heteroatoms. The highest BCUT2D eigenvalue weighted by Crippen LogP contribution is 2.23. The van der Waals surface area contributed by atoms with Crippen LogP contribution in [-0.2, 0) is 26.2 Å². The number of para-hydroxylation sites is 1. The second-order valence-electron chi connectivity index (χ2n) is 6.84. The van der Waals surface area contributed by atoms with Crippen LogP contribution in [-0.4, -0.2) is 55.8 Å². The van der Waals surface area contributed by atoms with E-state index in [1.54, 1.807) is 6.92 Å². The van der Waals surface area contributed by atoms with Gasteiger partial charge >= 0.3 is 5.97 Å². The number of nitrogens with one attached hydrogen (secondary N) is 4. The molecule has 5 N–H and O–H groups in total. The number of hydrogen-bond donors (Lipinski definition) is 5. The first-order valence-electron chi connectivity index (χ1n) is 9.63. The molecule has 2 heterocycles. The van der Waals surface area contributed by atoms with Crippen LogP contribution >= 0.6 is 0 Å². The maximum Gasteiger partial charge on any atom is 0.355 e. The highest BCUT2D eigenvalue weighted by atomic mass is 32.2. The van der Waals surface area contributed by atoms with Crippen molar-refractivity contribution in [2.45, 2.75) is 26.3 Å². The van der Waals surface area contributed by atoms with Crippen molar-refractivity contribution in [3.8, 4) is 0 Å². The van der Waals surface area contributed by atoms with Crippen molar-refractivity contribution in [3.05, 3.63) is 35.5 Å². The third-order valence-electron chi connectivity index (χ3n) is 4.48. The molecule has 166 valence electrons. The number of aromatic nitrogens is 1. The maximum absolute atomic E-state index is 12.2. The lowest BCUT2D eigenvalue weighted by Gasteiger charge is -2.21. The van der Waals surface area contributed by atoms with Crippen molar-refractivity contribution in [1.29, 1.82) is 0 Å². The number of carbonyl (C=O) groups is 2. The Morgan fingerprint density at radius 1 is 1.23 bits per heavy atom. The van der Waals surface area contributed by atoms with Crippen LogP contribution in [0.15, 0.2) is 24.3 Å². The summed E-state index contributed by atoms with van der Waals surface area (Å²) in [6.07, 6.45) is 2.40. The maximum atomic E-state index is 12.2. The number of H-pyrrole nitrogens is 1. The molecular formula is C19H28N4O6S. The van der Waals surface area contributed by atoms with Crippen LogP contribution < -0.4 is 16.2 Å². The second kappa shape index (κ2) is 11.1. The van der Waals surface area contributed by atoms with Gasteiger partial charge in [-0.05, 0) is 38.9 Å². The van der Waals surface area contributed by atoms with Crippen LogP contribution in [0.2, 0.25) is 0 Å². The molecule has 1 saturated heterocycles. The Balaban J connectivity index is 0.000000575. The molecule has 30 heavy (non-hydrogen) atoms. The Labute approximate surface area is 175 Å². The van der Waals surface area contributed by atoms with Crippen molar-refractivity contribution < 1.29 is 27.3 Å². The van der Waals surface area contributed by atoms with E-state index in [1.807, 2.05) is 24.3 Å². The lowest BCUT2D eigenvalue weighted by atomic mass is 9.98. The first kappa shape index (κ1) is 23.8. The highest BCUT2D eigenvalue weighted by Gasteiger charge is 2.22. The van der Waals surface area contributed by atoms with Crippen LogP contribution in [0.3, 0.4) is 0 Å². The lowest BCUT2D eigenvalue weighted by Crippen LogP contribution is -2.44. The summed E-state index contributed by atoms with van der Waals surface area (Å²) < 4.78 is 31.0. The minimum absolute atomic E-state index is 0.000902. The number of hydrogen-bond acceptors (Lipinski definition) is 7. The number of carbonyl (C=O) groups excluding carboxylic acids is 2. The quantitative estimate of drug-likeness (QED) is 0.253. The standard InChI is InChI=1S/C18H24N4O3.CH4O3S/c1-2-25-18(24)16-14(13-5-3-4-6-15(13)21-16)11-20-22-17(23)12-7-9-19-10-8-12;1-5(2,3)4/h3-6,12,19-21H,2,7-11H2,1H3,(H,22,23);1H3,(H,2,3,4). The average molecular weight is 441 g/mol. The van der Waals surface area contributed by atoms with Crippen LogP contribution in [0, 0.1) is 5.92 Å². The normalized spacial score (nSPS) is 14.6. The van der Waals surface area contributed by atoms with Crippen LogP contribution in [0.1, 0.15) is 35.8 Å². The van der Waals surface area contributed by atoms with Crippen molar-refractivity contribution in [2.75, 3.05) is 26.0 Å². The fourth-order valence-corrected chi connectivity index (χ4v) is 3.17. The van der Waals surface area contributed by atoms with Crippen molar-refractivity contribution in [3.63, 3.8) is 0 Å². The van der Waals surface area contributed by atoms with Crippen LogP contribution in [0.5, 0.6) is 0 Å². The molecule has 3 rings (SSSR count). The number of esters is 1. The second-order valence-corrected chi connectivity index (χ2v) is 8.31. The predicted molar refractivity (Wildman–Crippen MR) is 112 cm³/mol. The molecule has 0 radical (unpaired) electrons. The van der Waals surface area contributed by atoms with Crippen molar-refractivity contribution in [1.82, 2.24) is 21.2 Å². The third kappa shape index (κ3) is 7.41. The lowest BCUT2D eigenvalue weighted by molar-refractivity contribution is -0.126. The molecule has 0 bridgehead atoms. The van der Waals surface area contributed by atoms with E-state index in [0.717, 1.165) is 42.4 Å². The predicted octanol–water partition coefficient (Wildman–Crippen LogP) is 0.969. The summed E-state index contributed by atoms with van der Waals surface area (Å²) in [5, 5.41) is 4.18. The van der Waals surface area contributed by atoms with Gasteiger partial charge in [0.15, 0.2) is 0 Å². The minimum Gasteiger partial charge on any atom is -0.461 e. The Bertz CT molecular complexity index is 959. The van der Waals surface area contributed by atoms with Gasteiger partial charge in [0.05, 0.1) is 12.9 Å². The zero-order chi connectivity index (χ0) is 22.1. The van der Waals surface area contributed by atoms with Gasteiger partial charge in [-0.15, -0.1) is 0 Å². The van der Waals surface area contributed by atoms with Gasteiger partial charge in [-0.25, -0.2) is 10.2 Å². The van der Waals surface area contributed by atoms with Crippen molar-refractivity contribution in [2.24, 2.45) is 5.92 Å². The highest BCUT2D eigenvalue weighted by molar-refractivity contribution is 7.85. The van der Waals surface area contributed by atoms with Crippen molar-refractivity contribution >= 4 is 32.9 Å². The van der Waals surface area contributed by atoms with E-state index >= 15 is 0 Å². The Morgan fingerprint density at radius 2 is 1.87 bits per heavy atom. The van der Waals surface area contributed by atoms with Gasteiger partial charge in [0.1, 0.15) is 5.69 Å². The van der Waals surface area contributed by atoms with Gasteiger partial charge < -0.3 is 15.0 Å². The monoisotopic (exact) mass is 440 g/mol. The number of benzene rings is 1. The van der Waals surface area contributed by atoms with Gasteiger partial charge in [0, 0.05) is 28.9 Å². The molecule has 0 atom stereocenters. The minimum atomic E-state index is -3.67. The zero-order valence-electron chi connectivity index (χ0n) is 17.0. The van der Waals surface area contributed by atoms with E-state index in [2.05, 4.69) is 21.2 Å². The van der Waals surface area contributed by atoms with Crippen LogP contribution in [0.25, 0.3) is 10.9 Å². The van der Waals surface area contributed by atoms with Gasteiger partial charge in [0.2, 0.25) is 5.91 Å². The summed E-state index contributed by atoms with van der Waals surface area (Å²) in [7, 11) is -3.67. The molecule has 1 fully saturated rings. The molecule has 1 aliphatic rings. The molecular weight excluding hydrogens is 412 g/mol. The number of ether oxygens (including phenoxy) is 1. The summed E-state index contributed by atoms with van der Waals surface area (Å²) in [6, 6.07) is 7.68. The summed E-state index contributed by atoms with van der Waals surface area (Å²) in [5.41, 5.74) is 7.82. The largest absolute Gasteiger partial charge is 0.461 e. The smallest absolute Gasteiger partial charge is 0.355 e. The summed E-state index contributed by atoms with van der Waals surface area (Å²) in [5.74, 6) is -0.361. The number of hydrazine groups is 1. The number of rotatable bonds is 6. The first-order chi connectivity index (χ1) is 14.2.